The van der Waals surface area contributed by atoms with Crippen molar-refractivity contribution in [1.82, 2.24) is 0 Å². The van der Waals surface area contributed by atoms with E-state index in [9.17, 15) is 4.79 Å². The van der Waals surface area contributed by atoms with Crippen LogP contribution in [0.2, 0.25) is 0 Å². The van der Waals surface area contributed by atoms with E-state index in [2.05, 4.69) is 13.8 Å². The normalized spacial score (nSPS) is 12.9. The van der Waals surface area contributed by atoms with Crippen LogP contribution in [0.1, 0.15) is 59.3 Å². The van der Waals surface area contributed by atoms with Crippen LogP contribution in [0.4, 0.5) is 0 Å². The third kappa shape index (κ3) is 5.34. The second-order valence-electron chi connectivity index (χ2n) is 3.51. The highest BCUT2D eigenvalue weighted by molar-refractivity contribution is 5.78. The van der Waals surface area contributed by atoms with Gasteiger partial charge in [-0.3, -0.25) is 4.79 Å². The van der Waals surface area contributed by atoms with E-state index in [1.54, 1.807) is 0 Å². The average molecular weight is 170 g/mol. The van der Waals surface area contributed by atoms with Crippen molar-refractivity contribution in [3.8, 4) is 0 Å². The first kappa shape index (κ1) is 11.7. The average Bonchev–Trinajstić information content (AvgIpc) is 2.11. The Balaban J connectivity index is 3.59. The Morgan fingerprint density at radius 2 is 1.92 bits per heavy atom. The molecule has 0 radical (unpaired) electrons. The molecular formula is C11H22O. The Hall–Kier alpha value is -0.330. The molecule has 0 rings (SSSR count). The molecular weight excluding hydrogens is 148 g/mol. The molecule has 1 nitrogen and oxygen atoms in total. The van der Waals surface area contributed by atoms with Crippen LogP contribution in [0.3, 0.4) is 0 Å². The number of rotatable bonds is 7. The van der Waals surface area contributed by atoms with Crippen LogP contribution >= 0.6 is 0 Å². The van der Waals surface area contributed by atoms with Crippen molar-refractivity contribution in [1.29, 1.82) is 0 Å². The molecule has 0 aromatic rings. The van der Waals surface area contributed by atoms with Crippen LogP contribution < -0.4 is 0 Å². The van der Waals surface area contributed by atoms with Crippen LogP contribution in [0.25, 0.3) is 0 Å². The molecule has 0 N–H and O–H groups in total. The van der Waals surface area contributed by atoms with Crippen LogP contribution in [-0.4, -0.2) is 5.78 Å². The summed E-state index contributed by atoms with van der Waals surface area (Å²) in [5.74, 6) is 1.08. The maximum atomic E-state index is 11.1. The summed E-state index contributed by atoms with van der Waals surface area (Å²) in [7, 11) is 0. The van der Waals surface area contributed by atoms with Gasteiger partial charge in [-0.25, -0.2) is 0 Å². The van der Waals surface area contributed by atoms with Crippen molar-refractivity contribution in [2.45, 2.75) is 59.3 Å². The van der Waals surface area contributed by atoms with E-state index in [0.717, 1.165) is 12.8 Å². The molecule has 0 bridgehead atoms. The lowest BCUT2D eigenvalue weighted by Crippen LogP contribution is -2.06. The monoisotopic (exact) mass is 170 g/mol. The highest BCUT2D eigenvalue weighted by Crippen LogP contribution is 2.17. The van der Waals surface area contributed by atoms with Crippen LogP contribution in [0, 0.1) is 5.92 Å². The zero-order chi connectivity index (χ0) is 9.40. The van der Waals surface area contributed by atoms with Gasteiger partial charge in [-0.15, -0.1) is 0 Å². The number of unbranched alkanes of at least 4 members (excludes halogenated alkanes) is 1. The summed E-state index contributed by atoms with van der Waals surface area (Å²) in [6.07, 6.45) is 6.44. The largest absolute Gasteiger partial charge is 0.300 e. The Labute approximate surface area is 76.6 Å². The molecule has 0 aliphatic heterocycles. The van der Waals surface area contributed by atoms with Crippen LogP contribution in [0.5, 0.6) is 0 Å². The molecule has 1 unspecified atom stereocenters. The van der Waals surface area contributed by atoms with Crippen LogP contribution in [-0.2, 0) is 4.79 Å². The van der Waals surface area contributed by atoms with Crippen LogP contribution in [0.15, 0.2) is 0 Å². The summed E-state index contributed by atoms with van der Waals surface area (Å²) in [6, 6.07) is 0. The lowest BCUT2D eigenvalue weighted by molar-refractivity contribution is -0.119. The molecule has 0 heterocycles. The Kier molecular flexibility index (Phi) is 7.12. The fraction of sp³-hybridized carbons (Fsp3) is 0.909. The third-order valence-corrected chi connectivity index (χ3v) is 2.45. The van der Waals surface area contributed by atoms with Gasteiger partial charge in [0.25, 0.3) is 0 Å². The standard InChI is InChI=1S/C11H22O/c1-4-7-8-10(5-2)9-11(12)6-3/h10H,4-9H2,1-3H3. The van der Waals surface area contributed by atoms with Gasteiger partial charge in [-0.1, -0.05) is 46.5 Å². The van der Waals surface area contributed by atoms with Crippen molar-refractivity contribution in [3.63, 3.8) is 0 Å². The van der Waals surface area contributed by atoms with Crippen molar-refractivity contribution in [2.24, 2.45) is 5.92 Å². The van der Waals surface area contributed by atoms with Gasteiger partial charge in [0.05, 0.1) is 0 Å². The first-order chi connectivity index (χ1) is 5.74. The predicted molar refractivity (Wildman–Crippen MR) is 53.2 cm³/mol. The molecule has 1 atom stereocenters. The molecule has 0 saturated heterocycles. The maximum Gasteiger partial charge on any atom is 0.132 e. The molecule has 0 aromatic heterocycles. The van der Waals surface area contributed by atoms with E-state index in [-0.39, 0.29) is 0 Å². The minimum absolute atomic E-state index is 0.429. The molecule has 12 heavy (non-hydrogen) atoms. The summed E-state index contributed by atoms with van der Waals surface area (Å²) in [5, 5.41) is 0. The summed E-state index contributed by atoms with van der Waals surface area (Å²) in [4.78, 5) is 11.1. The fourth-order valence-electron chi connectivity index (χ4n) is 1.41. The smallest absolute Gasteiger partial charge is 0.132 e. The van der Waals surface area contributed by atoms with Gasteiger partial charge in [0.2, 0.25) is 0 Å². The molecule has 0 fully saturated rings. The molecule has 0 amide bonds. The zero-order valence-electron chi connectivity index (χ0n) is 8.73. The van der Waals surface area contributed by atoms with Gasteiger partial charge < -0.3 is 0 Å². The van der Waals surface area contributed by atoms with Gasteiger partial charge in [-0.2, -0.15) is 0 Å². The van der Waals surface area contributed by atoms with Gasteiger partial charge in [0.1, 0.15) is 5.78 Å². The number of Topliss-reactive ketones (excluding diaryl/α,β-unsaturated/α-hetero) is 1. The van der Waals surface area contributed by atoms with E-state index in [4.69, 9.17) is 0 Å². The van der Waals surface area contributed by atoms with E-state index in [0.29, 0.717) is 18.1 Å². The summed E-state index contributed by atoms with van der Waals surface area (Å²) < 4.78 is 0. The predicted octanol–water partition coefficient (Wildman–Crippen LogP) is 3.57. The molecule has 0 aromatic carbocycles. The molecule has 1 heteroatoms. The molecule has 0 aliphatic carbocycles. The number of carbonyl (C=O) groups is 1. The summed E-state index contributed by atoms with van der Waals surface area (Å²) in [6.45, 7) is 6.34. The SMILES string of the molecule is CCCCC(CC)CC(=O)CC. The fourth-order valence-corrected chi connectivity index (χ4v) is 1.41. The number of hydrogen-bond acceptors (Lipinski definition) is 1. The van der Waals surface area contributed by atoms with Gasteiger partial charge in [0.15, 0.2) is 0 Å². The lowest BCUT2D eigenvalue weighted by atomic mass is 9.93. The van der Waals surface area contributed by atoms with E-state index in [1.165, 1.54) is 19.3 Å². The van der Waals surface area contributed by atoms with Gasteiger partial charge in [-0.05, 0) is 5.92 Å². The van der Waals surface area contributed by atoms with Crippen molar-refractivity contribution < 1.29 is 4.79 Å². The topological polar surface area (TPSA) is 17.1 Å². The molecule has 0 saturated carbocycles. The molecule has 0 spiro atoms. The van der Waals surface area contributed by atoms with Crippen molar-refractivity contribution in [3.05, 3.63) is 0 Å². The zero-order valence-corrected chi connectivity index (χ0v) is 8.73. The van der Waals surface area contributed by atoms with E-state index < -0.39 is 0 Å². The Morgan fingerprint density at radius 3 is 2.33 bits per heavy atom. The number of ketones is 1. The Morgan fingerprint density at radius 1 is 1.25 bits per heavy atom. The van der Waals surface area contributed by atoms with E-state index >= 15 is 0 Å². The Bertz CT molecular complexity index is 118. The number of carbonyl (C=O) groups excluding carboxylic acids is 1. The van der Waals surface area contributed by atoms with Gasteiger partial charge >= 0.3 is 0 Å². The summed E-state index contributed by atoms with van der Waals surface area (Å²) in [5.41, 5.74) is 0. The highest BCUT2D eigenvalue weighted by atomic mass is 16.1. The first-order valence-corrected chi connectivity index (χ1v) is 5.26. The minimum atomic E-state index is 0.429. The second kappa shape index (κ2) is 7.33. The third-order valence-electron chi connectivity index (χ3n) is 2.45. The van der Waals surface area contributed by atoms with Gasteiger partial charge in [0, 0.05) is 12.8 Å². The number of hydrogen-bond donors (Lipinski definition) is 0. The molecule has 0 aliphatic rings. The highest BCUT2D eigenvalue weighted by Gasteiger charge is 2.09. The lowest BCUT2D eigenvalue weighted by Gasteiger charge is -2.12. The summed E-state index contributed by atoms with van der Waals surface area (Å²) >= 11 is 0. The van der Waals surface area contributed by atoms with E-state index in [1.807, 2.05) is 6.92 Å². The quantitative estimate of drug-likeness (QED) is 0.571. The maximum absolute atomic E-state index is 11.1. The minimum Gasteiger partial charge on any atom is -0.300 e. The molecule has 72 valence electrons. The van der Waals surface area contributed by atoms with Crippen molar-refractivity contribution >= 4 is 5.78 Å². The first-order valence-electron chi connectivity index (χ1n) is 5.26. The second-order valence-corrected chi connectivity index (χ2v) is 3.51. The van der Waals surface area contributed by atoms with Crippen molar-refractivity contribution in [2.75, 3.05) is 0 Å².